The number of nitrogens with one attached hydrogen (secondary N) is 1. The zero-order valence-electron chi connectivity index (χ0n) is 16.7. The van der Waals surface area contributed by atoms with Crippen molar-refractivity contribution in [3.8, 4) is 0 Å². The van der Waals surface area contributed by atoms with Gasteiger partial charge in [-0.3, -0.25) is 9.59 Å². The molecule has 0 radical (unpaired) electrons. The Labute approximate surface area is 170 Å². The minimum Gasteiger partial charge on any atom is -0.321 e. The standard InChI is InChI=1S/C20H26N4O4S/c1-3-11-24-19(25)10-9-17(22-24)20(26)21-16-8-7-15(2)18(14-16)29(27,28)23-12-5-4-6-13-23/h7-10,14H,3-6,11-13H2,1-2H3,(H,21,26). The number of benzene rings is 1. The van der Waals surface area contributed by atoms with Gasteiger partial charge in [-0.1, -0.05) is 19.4 Å². The van der Waals surface area contributed by atoms with Crippen LogP contribution in [-0.2, 0) is 16.6 Å². The Kier molecular flexibility index (Phi) is 6.49. The van der Waals surface area contributed by atoms with Crippen molar-refractivity contribution >= 4 is 21.6 Å². The molecule has 1 saturated heterocycles. The normalized spacial score (nSPS) is 15.2. The van der Waals surface area contributed by atoms with Gasteiger partial charge in [-0.25, -0.2) is 13.1 Å². The number of hydrogen-bond acceptors (Lipinski definition) is 5. The quantitative estimate of drug-likeness (QED) is 0.776. The molecule has 0 aliphatic carbocycles. The molecule has 156 valence electrons. The van der Waals surface area contributed by atoms with Crippen molar-refractivity contribution in [2.75, 3.05) is 18.4 Å². The third-order valence-corrected chi connectivity index (χ3v) is 6.95. The molecule has 1 N–H and O–H groups in total. The lowest BCUT2D eigenvalue weighted by Gasteiger charge is -2.26. The van der Waals surface area contributed by atoms with Gasteiger partial charge in [0.2, 0.25) is 10.0 Å². The summed E-state index contributed by atoms with van der Waals surface area (Å²) in [6, 6.07) is 7.49. The van der Waals surface area contributed by atoms with Gasteiger partial charge in [0.25, 0.3) is 11.5 Å². The number of aromatic nitrogens is 2. The largest absolute Gasteiger partial charge is 0.321 e. The van der Waals surface area contributed by atoms with E-state index in [2.05, 4.69) is 10.4 Å². The lowest BCUT2D eigenvalue weighted by atomic mass is 10.2. The van der Waals surface area contributed by atoms with Crippen molar-refractivity contribution in [3.05, 3.63) is 51.9 Å². The fourth-order valence-corrected chi connectivity index (χ4v) is 5.11. The predicted octanol–water partition coefficient (Wildman–Crippen LogP) is 2.39. The lowest BCUT2D eigenvalue weighted by molar-refractivity contribution is 0.101. The van der Waals surface area contributed by atoms with E-state index < -0.39 is 15.9 Å². The van der Waals surface area contributed by atoms with Gasteiger partial charge in [-0.05, 0) is 49.9 Å². The van der Waals surface area contributed by atoms with Gasteiger partial charge in [0.05, 0.1) is 4.90 Å². The monoisotopic (exact) mass is 418 g/mol. The summed E-state index contributed by atoms with van der Waals surface area (Å²) < 4.78 is 28.8. The van der Waals surface area contributed by atoms with Gasteiger partial charge in [-0.15, -0.1) is 0 Å². The topological polar surface area (TPSA) is 101 Å². The highest BCUT2D eigenvalue weighted by Gasteiger charge is 2.27. The van der Waals surface area contributed by atoms with Crippen LogP contribution in [0.3, 0.4) is 0 Å². The van der Waals surface area contributed by atoms with Gasteiger partial charge < -0.3 is 5.32 Å². The second-order valence-electron chi connectivity index (χ2n) is 7.18. The van der Waals surface area contributed by atoms with E-state index in [0.717, 1.165) is 19.3 Å². The number of anilines is 1. The minimum absolute atomic E-state index is 0.0964. The summed E-state index contributed by atoms with van der Waals surface area (Å²) in [5, 5.41) is 6.78. The predicted molar refractivity (Wildman–Crippen MR) is 111 cm³/mol. The maximum absolute atomic E-state index is 13.0. The second-order valence-corrected chi connectivity index (χ2v) is 9.09. The molecule has 1 aromatic carbocycles. The van der Waals surface area contributed by atoms with E-state index in [1.54, 1.807) is 19.1 Å². The maximum atomic E-state index is 13.0. The number of hydrogen-bond donors (Lipinski definition) is 1. The highest BCUT2D eigenvalue weighted by molar-refractivity contribution is 7.89. The third kappa shape index (κ3) is 4.73. The van der Waals surface area contributed by atoms with Gasteiger partial charge in [-0.2, -0.15) is 9.40 Å². The Morgan fingerprint density at radius 2 is 1.86 bits per heavy atom. The average Bonchev–Trinajstić information content (AvgIpc) is 2.71. The molecule has 1 aliphatic rings. The Balaban J connectivity index is 1.85. The molecule has 0 atom stereocenters. The Morgan fingerprint density at radius 1 is 1.14 bits per heavy atom. The van der Waals surface area contributed by atoms with E-state index in [1.165, 1.54) is 27.2 Å². The first-order valence-corrected chi connectivity index (χ1v) is 11.3. The number of sulfonamides is 1. The molecule has 0 unspecified atom stereocenters. The second kappa shape index (κ2) is 8.87. The summed E-state index contributed by atoms with van der Waals surface area (Å²) in [6.07, 6.45) is 3.46. The number of nitrogens with zero attached hydrogens (tertiary/aromatic N) is 3. The van der Waals surface area contributed by atoms with Crippen LogP contribution < -0.4 is 10.9 Å². The number of carbonyl (C=O) groups excluding carboxylic acids is 1. The zero-order chi connectivity index (χ0) is 21.0. The van der Waals surface area contributed by atoms with E-state index in [0.29, 0.717) is 37.3 Å². The number of piperidine rings is 1. The summed E-state index contributed by atoms with van der Waals surface area (Å²) in [4.78, 5) is 24.6. The molecule has 2 aromatic rings. The molecule has 1 aliphatic heterocycles. The zero-order valence-corrected chi connectivity index (χ0v) is 17.5. The van der Waals surface area contributed by atoms with Crippen LogP contribution >= 0.6 is 0 Å². The SMILES string of the molecule is CCCn1nc(C(=O)Nc2ccc(C)c(S(=O)(=O)N3CCCCC3)c2)ccc1=O. The molecule has 8 nitrogen and oxygen atoms in total. The minimum atomic E-state index is -3.61. The van der Waals surface area contributed by atoms with Gasteiger partial charge >= 0.3 is 0 Å². The van der Waals surface area contributed by atoms with Crippen LogP contribution in [0.5, 0.6) is 0 Å². The van der Waals surface area contributed by atoms with Crippen molar-refractivity contribution in [2.24, 2.45) is 0 Å². The fourth-order valence-electron chi connectivity index (χ4n) is 3.34. The van der Waals surface area contributed by atoms with Crippen molar-refractivity contribution in [3.63, 3.8) is 0 Å². The van der Waals surface area contributed by atoms with Crippen LogP contribution in [0.25, 0.3) is 0 Å². The lowest BCUT2D eigenvalue weighted by Crippen LogP contribution is -2.36. The van der Waals surface area contributed by atoms with Crippen molar-refractivity contribution in [1.82, 2.24) is 14.1 Å². The van der Waals surface area contributed by atoms with E-state index >= 15 is 0 Å². The Hall–Kier alpha value is -2.52. The molecule has 0 saturated carbocycles. The van der Waals surface area contributed by atoms with Crippen molar-refractivity contribution in [2.45, 2.75) is 51.0 Å². The summed E-state index contributed by atoms with van der Waals surface area (Å²) >= 11 is 0. The highest BCUT2D eigenvalue weighted by atomic mass is 32.2. The first kappa shape index (κ1) is 21.2. The highest BCUT2D eigenvalue weighted by Crippen LogP contribution is 2.26. The molecular weight excluding hydrogens is 392 g/mol. The Morgan fingerprint density at radius 3 is 2.55 bits per heavy atom. The molecule has 1 fully saturated rings. The first-order valence-electron chi connectivity index (χ1n) is 9.83. The van der Waals surface area contributed by atoms with Crippen LogP contribution in [0.15, 0.2) is 40.0 Å². The molecule has 0 bridgehead atoms. The number of aryl methyl sites for hydroxylation is 2. The maximum Gasteiger partial charge on any atom is 0.276 e. The summed E-state index contributed by atoms with van der Waals surface area (Å²) in [6.45, 7) is 5.10. The molecule has 9 heteroatoms. The summed E-state index contributed by atoms with van der Waals surface area (Å²) in [5.41, 5.74) is 0.821. The van der Waals surface area contributed by atoms with Crippen LogP contribution in [0.1, 0.15) is 48.7 Å². The Bertz CT molecular complexity index is 1060. The van der Waals surface area contributed by atoms with E-state index in [1.807, 2.05) is 6.92 Å². The smallest absolute Gasteiger partial charge is 0.276 e. The van der Waals surface area contributed by atoms with Crippen LogP contribution in [0.4, 0.5) is 5.69 Å². The fraction of sp³-hybridized carbons (Fsp3) is 0.450. The molecular formula is C20H26N4O4S. The molecule has 1 amide bonds. The van der Waals surface area contributed by atoms with Crippen LogP contribution in [0, 0.1) is 6.92 Å². The number of amides is 1. The summed E-state index contributed by atoms with van der Waals surface area (Å²) in [7, 11) is -3.61. The summed E-state index contributed by atoms with van der Waals surface area (Å²) in [5.74, 6) is -0.500. The van der Waals surface area contributed by atoms with Gasteiger partial charge in [0.1, 0.15) is 5.69 Å². The molecule has 1 aromatic heterocycles. The van der Waals surface area contributed by atoms with Crippen molar-refractivity contribution < 1.29 is 13.2 Å². The van der Waals surface area contributed by atoms with Gasteiger partial charge in [0.15, 0.2) is 0 Å². The van der Waals surface area contributed by atoms with Gasteiger partial charge in [0, 0.05) is 31.4 Å². The van der Waals surface area contributed by atoms with Crippen LogP contribution in [0.2, 0.25) is 0 Å². The molecule has 29 heavy (non-hydrogen) atoms. The molecule has 3 rings (SSSR count). The number of carbonyl (C=O) groups is 1. The third-order valence-electron chi connectivity index (χ3n) is 4.91. The molecule has 2 heterocycles. The molecule has 0 spiro atoms. The van der Waals surface area contributed by atoms with Crippen molar-refractivity contribution in [1.29, 1.82) is 0 Å². The van der Waals surface area contributed by atoms with E-state index in [9.17, 15) is 18.0 Å². The van der Waals surface area contributed by atoms with E-state index in [-0.39, 0.29) is 16.1 Å². The average molecular weight is 419 g/mol. The van der Waals surface area contributed by atoms with E-state index in [4.69, 9.17) is 0 Å². The van der Waals surface area contributed by atoms with Crippen LogP contribution in [-0.4, -0.2) is 41.5 Å². The first-order chi connectivity index (χ1) is 13.8. The number of rotatable bonds is 6.